The molecule has 0 heterocycles. The molecule has 1 aromatic carbocycles. The molecule has 1 fully saturated rings. The average molecular weight is 248 g/mol. The lowest BCUT2D eigenvalue weighted by Crippen LogP contribution is -2.52. The summed E-state index contributed by atoms with van der Waals surface area (Å²) in [6, 6.07) is 7.99. The van der Waals surface area contributed by atoms with Crippen molar-refractivity contribution in [2.24, 2.45) is 0 Å². The molecule has 0 aliphatic heterocycles. The molecule has 0 aromatic heterocycles. The summed E-state index contributed by atoms with van der Waals surface area (Å²) >= 11 is 0. The van der Waals surface area contributed by atoms with Crippen LogP contribution < -0.4 is 4.74 Å². The number of para-hydroxylation sites is 1. The topological polar surface area (TPSA) is 35.5 Å². The van der Waals surface area contributed by atoms with Crippen molar-refractivity contribution in [2.45, 2.75) is 45.3 Å². The van der Waals surface area contributed by atoms with Gasteiger partial charge < -0.3 is 9.47 Å². The molecule has 1 aliphatic carbocycles. The fraction of sp³-hybridized carbons (Fsp3) is 0.533. The summed E-state index contributed by atoms with van der Waals surface area (Å²) in [4.78, 5) is 11.4. The number of hydrogen-bond donors (Lipinski definition) is 0. The van der Waals surface area contributed by atoms with Crippen LogP contribution in [0, 0.1) is 0 Å². The molecule has 0 bridgehead atoms. The van der Waals surface area contributed by atoms with Gasteiger partial charge >= 0.3 is 0 Å². The molecule has 2 rings (SSSR count). The number of rotatable bonds is 5. The molecule has 1 saturated carbocycles. The maximum atomic E-state index is 11.4. The molecule has 0 spiro atoms. The second kappa shape index (κ2) is 5.53. The molecular weight excluding hydrogens is 228 g/mol. The lowest BCUT2D eigenvalue weighted by atomic mass is 9.89. The second-order valence-corrected chi connectivity index (χ2v) is 4.90. The molecule has 1 aromatic rings. The van der Waals surface area contributed by atoms with Crippen molar-refractivity contribution in [3.05, 3.63) is 29.8 Å². The van der Waals surface area contributed by atoms with Crippen LogP contribution in [0.4, 0.5) is 0 Å². The first-order valence-corrected chi connectivity index (χ1v) is 6.53. The van der Waals surface area contributed by atoms with Crippen LogP contribution in [0.2, 0.25) is 0 Å². The lowest BCUT2D eigenvalue weighted by Gasteiger charge is -2.35. The van der Waals surface area contributed by atoms with E-state index in [1.165, 1.54) is 5.56 Å². The third-order valence-corrected chi connectivity index (χ3v) is 3.22. The van der Waals surface area contributed by atoms with Crippen LogP contribution in [0.3, 0.4) is 0 Å². The van der Waals surface area contributed by atoms with Gasteiger partial charge in [-0.05, 0) is 24.5 Å². The Labute approximate surface area is 108 Å². The zero-order chi connectivity index (χ0) is 13.1. The van der Waals surface area contributed by atoms with Crippen molar-refractivity contribution in [3.8, 4) is 5.75 Å². The zero-order valence-corrected chi connectivity index (χ0v) is 11.2. The van der Waals surface area contributed by atoms with Crippen LogP contribution in [0.5, 0.6) is 5.75 Å². The molecule has 98 valence electrons. The van der Waals surface area contributed by atoms with Gasteiger partial charge in [-0.15, -0.1) is 0 Å². The molecule has 2 unspecified atom stereocenters. The Balaban J connectivity index is 2.08. The fourth-order valence-electron chi connectivity index (χ4n) is 2.18. The molecule has 0 radical (unpaired) electrons. The van der Waals surface area contributed by atoms with Crippen LogP contribution in [0.15, 0.2) is 24.3 Å². The van der Waals surface area contributed by atoms with Gasteiger partial charge in [0.25, 0.3) is 0 Å². The largest absolute Gasteiger partial charge is 0.486 e. The third kappa shape index (κ3) is 2.56. The summed E-state index contributed by atoms with van der Waals surface area (Å²) in [7, 11) is 0. The van der Waals surface area contributed by atoms with Gasteiger partial charge in [0.1, 0.15) is 11.9 Å². The summed E-state index contributed by atoms with van der Waals surface area (Å²) in [6.07, 6.45) is -0.0514. The highest BCUT2D eigenvalue weighted by molar-refractivity contribution is 5.90. The Morgan fingerprint density at radius 1 is 1.33 bits per heavy atom. The third-order valence-electron chi connectivity index (χ3n) is 3.22. The summed E-state index contributed by atoms with van der Waals surface area (Å²) in [5.41, 5.74) is 1.17. The highest BCUT2D eigenvalue weighted by Crippen LogP contribution is 2.31. The molecule has 0 saturated heterocycles. The highest BCUT2D eigenvalue weighted by Gasteiger charge is 2.42. The van der Waals surface area contributed by atoms with Crippen LogP contribution in [0.1, 0.15) is 38.7 Å². The van der Waals surface area contributed by atoms with Gasteiger partial charge in [-0.2, -0.15) is 0 Å². The van der Waals surface area contributed by atoms with Crippen molar-refractivity contribution in [1.29, 1.82) is 0 Å². The maximum Gasteiger partial charge on any atom is 0.169 e. The number of carbonyl (C=O) groups excluding carboxylic acids is 1. The summed E-state index contributed by atoms with van der Waals surface area (Å²) in [5, 5.41) is 0. The SMILES string of the molecule is CCOC1C(=O)CC1Oc1ccccc1C(C)C. The normalized spacial score (nSPS) is 23.0. The predicted molar refractivity (Wildman–Crippen MR) is 70.0 cm³/mol. The summed E-state index contributed by atoms with van der Waals surface area (Å²) in [5.74, 6) is 1.42. The minimum absolute atomic E-state index is 0.127. The quantitative estimate of drug-likeness (QED) is 0.803. The van der Waals surface area contributed by atoms with Crippen LogP contribution in [-0.2, 0) is 9.53 Å². The minimum Gasteiger partial charge on any atom is -0.486 e. The van der Waals surface area contributed by atoms with Gasteiger partial charge in [-0.1, -0.05) is 32.0 Å². The number of carbonyl (C=O) groups is 1. The first-order valence-electron chi connectivity index (χ1n) is 6.53. The Morgan fingerprint density at radius 3 is 2.67 bits per heavy atom. The van der Waals surface area contributed by atoms with E-state index in [9.17, 15) is 4.79 Å². The molecule has 0 amide bonds. The fourth-order valence-corrected chi connectivity index (χ4v) is 2.18. The molecule has 0 N–H and O–H groups in total. The second-order valence-electron chi connectivity index (χ2n) is 4.90. The predicted octanol–water partition coefficient (Wildman–Crippen LogP) is 2.94. The first-order chi connectivity index (χ1) is 8.63. The van der Waals surface area contributed by atoms with Crippen LogP contribution in [0.25, 0.3) is 0 Å². The van der Waals surface area contributed by atoms with Crippen molar-refractivity contribution in [3.63, 3.8) is 0 Å². The van der Waals surface area contributed by atoms with Gasteiger partial charge in [0.05, 0.1) is 0 Å². The number of ether oxygens (including phenoxy) is 2. The molecule has 18 heavy (non-hydrogen) atoms. The maximum absolute atomic E-state index is 11.4. The van der Waals surface area contributed by atoms with E-state index in [4.69, 9.17) is 9.47 Å². The zero-order valence-electron chi connectivity index (χ0n) is 11.2. The number of benzene rings is 1. The summed E-state index contributed by atoms with van der Waals surface area (Å²) < 4.78 is 11.3. The minimum atomic E-state index is -0.379. The first kappa shape index (κ1) is 13.1. The van der Waals surface area contributed by atoms with Crippen molar-refractivity contribution in [1.82, 2.24) is 0 Å². The Kier molecular flexibility index (Phi) is 4.02. The Bertz CT molecular complexity index is 426. The van der Waals surface area contributed by atoms with Gasteiger partial charge in [0, 0.05) is 13.0 Å². The van der Waals surface area contributed by atoms with E-state index in [1.807, 2.05) is 25.1 Å². The molecule has 3 nitrogen and oxygen atoms in total. The lowest BCUT2D eigenvalue weighted by molar-refractivity contribution is -0.154. The van der Waals surface area contributed by atoms with Crippen molar-refractivity contribution in [2.75, 3.05) is 6.61 Å². The van der Waals surface area contributed by atoms with Gasteiger partial charge in [0.2, 0.25) is 0 Å². The average Bonchev–Trinajstić information content (AvgIpc) is 2.36. The molecular formula is C15H20O3. The van der Waals surface area contributed by atoms with Gasteiger partial charge in [-0.25, -0.2) is 0 Å². The molecule has 1 aliphatic rings. The van der Waals surface area contributed by atoms with Gasteiger partial charge in [0.15, 0.2) is 11.9 Å². The standard InChI is InChI=1S/C15H20O3/c1-4-17-15-12(16)9-14(15)18-13-8-6-5-7-11(13)10(2)3/h5-8,10,14-15H,4,9H2,1-3H3. The Morgan fingerprint density at radius 2 is 2.06 bits per heavy atom. The van der Waals surface area contributed by atoms with Crippen LogP contribution in [-0.4, -0.2) is 24.6 Å². The van der Waals surface area contributed by atoms with E-state index in [2.05, 4.69) is 19.9 Å². The summed E-state index contributed by atoms with van der Waals surface area (Å²) in [6.45, 7) is 6.70. The van der Waals surface area contributed by atoms with Gasteiger partial charge in [-0.3, -0.25) is 4.79 Å². The van der Waals surface area contributed by atoms with E-state index >= 15 is 0 Å². The molecule has 2 atom stereocenters. The molecule has 3 heteroatoms. The number of ketones is 1. The number of hydrogen-bond acceptors (Lipinski definition) is 3. The van der Waals surface area contributed by atoms with Crippen molar-refractivity contribution >= 4 is 5.78 Å². The Hall–Kier alpha value is -1.35. The van der Waals surface area contributed by atoms with E-state index < -0.39 is 0 Å². The van der Waals surface area contributed by atoms with E-state index in [-0.39, 0.29) is 18.0 Å². The number of Topliss-reactive ketones (excluding diaryl/α,β-unsaturated/α-hetero) is 1. The van der Waals surface area contributed by atoms with E-state index in [0.717, 1.165) is 5.75 Å². The van der Waals surface area contributed by atoms with Crippen molar-refractivity contribution < 1.29 is 14.3 Å². The smallest absolute Gasteiger partial charge is 0.169 e. The highest BCUT2D eigenvalue weighted by atomic mass is 16.5. The van der Waals surface area contributed by atoms with E-state index in [1.54, 1.807) is 0 Å². The monoisotopic (exact) mass is 248 g/mol. The van der Waals surface area contributed by atoms with E-state index in [0.29, 0.717) is 18.9 Å². The van der Waals surface area contributed by atoms with Crippen LogP contribution >= 0.6 is 0 Å².